The molecule has 0 saturated heterocycles. The summed E-state index contributed by atoms with van der Waals surface area (Å²) in [5.74, 6) is -0.839. The van der Waals surface area contributed by atoms with E-state index in [0.29, 0.717) is 19.5 Å². The number of carboxylic acids is 1. The molecule has 0 aliphatic heterocycles. The quantitative estimate of drug-likeness (QED) is 0.599. The zero-order chi connectivity index (χ0) is 11.0. The Morgan fingerprint density at radius 1 is 1.21 bits per heavy atom. The zero-order valence-electron chi connectivity index (χ0n) is 8.35. The summed E-state index contributed by atoms with van der Waals surface area (Å²) in [5, 5.41) is 8.97. The van der Waals surface area contributed by atoms with Gasteiger partial charge in [0.15, 0.2) is 0 Å². The van der Waals surface area contributed by atoms with E-state index in [-0.39, 0.29) is 0 Å². The molecule has 0 aromatic rings. The number of carboxylic acid groups (broad SMARTS) is 1. The summed E-state index contributed by atoms with van der Waals surface area (Å²) in [5.41, 5.74) is 0. The Labute approximate surface area is 85.0 Å². The molecule has 0 saturated carbocycles. The van der Waals surface area contributed by atoms with Crippen LogP contribution in [0.25, 0.3) is 0 Å². The largest absolute Gasteiger partial charge is 0.480 e. The minimum absolute atomic E-state index is 0.428. The molecule has 78 valence electrons. The van der Waals surface area contributed by atoms with E-state index in [1.165, 1.54) is 0 Å². The van der Waals surface area contributed by atoms with E-state index in [9.17, 15) is 4.79 Å². The zero-order valence-corrected chi connectivity index (χ0v) is 8.35. The second kappa shape index (κ2) is 7.09. The van der Waals surface area contributed by atoms with E-state index in [2.05, 4.69) is 19.7 Å². The van der Waals surface area contributed by atoms with Gasteiger partial charge in [0, 0.05) is 13.1 Å². The second-order valence-electron chi connectivity index (χ2n) is 2.91. The van der Waals surface area contributed by atoms with E-state index >= 15 is 0 Å². The minimum Gasteiger partial charge on any atom is -0.480 e. The van der Waals surface area contributed by atoms with Gasteiger partial charge in [0.05, 0.1) is 0 Å². The summed E-state index contributed by atoms with van der Waals surface area (Å²) < 4.78 is 0. The molecule has 0 fully saturated rings. The van der Waals surface area contributed by atoms with Crippen LogP contribution in [0.2, 0.25) is 0 Å². The van der Waals surface area contributed by atoms with Crippen LogP contribution in [-0.4, -0.2) is 35.1 Å². The topological polar surface area (TPSA) is 40.5 Å². The molecule has 0 radical (unpaired) electrons. The molecule has 0 bridgehead atoms. The number of rotatable bonds is 8. The SMILES string of the molecule is C=CCC(C(=O)O)N(CC=C)CC=C. The number of carbonyl (C=O) groups is 1. The molecule has 0 aliphatic carbocycles. The Hall–Kier alpha value is -1.35. The normalized spacial score (nSPS) is 12.1. The van der Waals surface area contributed by atoms with Crippen LogP contribution in [0.1, 0.15) is 6.42 Å². The Morgan fingerprint density at radius 3 is 2.00 bits per heavy atom. The summed E-state index contributed by atoms with van der Waals surface area (Å²) in [6.07, 6.45) is 5.40. The number of hydrogen-bond acceptors (Lipinski definition) is 2. The van der Waals surface area contributed by atoms with Gasteiger partial charge in [-0.2, -0.15) is 0 Å². The molecular formula is C11H17NO2. The van der Waals surface area contributed by atoms with Crippen molar-refractivity contribution in [1.29, 1.82) is 0 Å². The number of hydrogen-bond donors (Lipinski definition) is 1. The van der Waals surface area contributed by atoms with Gasteiger partial charge >= 0.3 is 5.97 Å². The van der Waals surface area contributed by atoms with Crippen molar-refractivity contribution < 1.29 is 9.90 Å². The third-order valence-corrected chi connectivity index (χ3v) is 1.84. The van der Waals surface area contributed by atoms with E-state index in [0.717, 1.165) is 0 Å². The highest BCUT2D eigenvalue weighted by molar-refractivity contribution is 5.73. The summed E-state index contributed by atoms with van der Waals surface area (Å²) in [7, 11) is 0. The maximum absolute atomic E-state index is 10.9. The van der Waals surface area contributed by atoms with Gasteiger partial charge in [-0.1, -0.05) is 18.2 Å². The average molecular weight is 195 g/mol. The predicted molar refractivity (Wildman–Crippen MR) is 58.2 cm³/mol. The van der Waals surface area contributed by atoms with Crippen molar-refractivity contribution in [3.63, 3.8) is 0 Å². The molecule has 0 spiro atoms. The smallest absolute Gasteiger partial charge is 0.321 e. The first-order valence-corrected chi connectivity index (χ1v) is 4.46. The predicted octanol–water partition coefficient (Wildman–Crippen LogP) is 1.69. The highest BCUT2D eigenvalue weighted by atomic mass is 16.4. The van der Waals surface area contributed by atoms with E-state index < -0.39 is 12.0 Å². The highest BCUT2D eigenvalue weighted by Crippen LogP contribution is 2.05. The molecule has 1 atom stereocenters. The van der Waals surface area contributed by atoms with Crippen molar-refractivity contribution in [1.82, 2.24) is 4.90 Å². The maximum atomic E-state index is 10.9. The van der Waals surface area contributed by atoms with Gasteiger partial charge in [-0.3, -0.25) is 9.69 Å². The van der Waals surface area contributed by atoms with Crippen LogP contribution in [0.5, 0.6) is 0 Å². The molecule has 0 rings (SSSR count). The third kappa shape index (κ3) is 4.05. The Kier molecular flexibility index (Phi) is 6.41. The summed E-state index contributed by atoms with van der Waals surface area (Å²) in [4.78, 5) is 12.7. The van der Waals surface area contributed by atoms with E-state index in [1.807, 2.05) is 0 Å². The maximum Gasteiger partial charge on any atom is 0.321 e. The lowest BCUT2D eigenvalue weighted by molar-refractivity contribution is -0.142. The lowest BCUT2D eigenvalue weighted by Gasteiger charge is -2.25. The Balaban J connectivity index is 4.50. The van der Waals surface area contributed by atoms with Gasteiger partial charge in [0.25, 0.3) is 0 Å². The molecule has 0 heterocycles. The fourth-order valence-electron chi connectivity index (χ4n) is 1.22. The molecule has 14 heavy (non-hydrogen) atoms. The van der Waals surface area contributed by atoms with E-state index in [4.69, 9.17) is 5.11 Å². The van der Waals surface area contributed by atoms with Gasteiger partial charge in [-0.05, 0) is 6.42 Å². The molecule has 0 amide bonds. The van der Waals surface area contributed by atoms with Crippen molar-refractivity contribution in [3.05, 3.63) is 38.0 Å². The Bertz CT molecular complexity index is 213. The molecular weight excluding hydrogens is 178 g/mol. The van der Waals surface area contributed by atoms with Crippen LogP contribution in [0.4, 0.5) is 0 Å². The van der Waals surface area contributed by atoms with E-state index in [1.54, 1.807) is 23.1 Å². The minimum atomic E-state index is -0.839. The van der Waals surface area contributed by atoms with Crippen LogP contribution in [0, 0.1) is 0 Å². The molecule has 0 aliphatic rings. The van der Waals surface area contributed by atoms with Crippen LogP contribution in [-0.2, 0) is 4.79 Å². The number of aliphatic carboxylic acids is 1. The molecule has 0 aromatic heterocycles. The highest BCUT2D eigenvalue weighted by Gasteiger charge is 2.21. The van der Waals surface area contributed by atoms with Gasteiger partial charge in [0.2, 0.25) is 0 Å². The Morgan fingerprint density at radius 2 is 1.71 bits per heavy atom. The summed E-state index contributed by atoms with van der Waals surface area (Å²) >= 11 is 0. The van der Waals surface area contributed by atoms with Crippen LogP contribution >= 0.6 is 0 Å². The van der Waals surface area contributed by atoms with Crippen molar-refractivity contribution in [3.8, 4) is 0 Å². The second-order valence-corrected chi connectivity index (χ2v) is 2.91. The molecule has 1 unspecified atom stereocenters. The third-order valence-electron chi connectivity index (χ3n) is 1.84. The van der Waals surface area contributed by atoms with Crippen LogP contribution in [0.15, 0.2) is 38.0 Å². The standard InChI is InChI=1S/C11H17NO2/c1-4-7-10(11(13)14)12(8-5-2)9-6-3/h4-6,10H,1-3,7-9H2,(H,13,14). The first kappa shape index (κ1) is 12.7. The van der Waals surface area contributed by atoms with Gasteiger partial charge in [0.1, 0.15) is 6.04 Å². The molecule has 1 N–H and O–H groups in total. The summed E-state index contributed by atoms with van der Waals surface area (Å²) in [6, 6.07) is -0.538. The van der Waals surface area contributed by atoms with Crippen molar-refractivity contribution in [2.75, 3.05) is 13.1 Å². The van der Waals surface area contributed by atoms with Crippen molar-refractivity contribution in [2.24, 2.45) is 0 Å². The molecule has 0 aromatic carbocycles. The molecule has 3 nitrogen and oxygen atoms in total. The van der Waals surface area contributed by atoms with Crippen LogP contribution in [0.3, 0.4) is 0 Å². The lowest BCUT2D eigenvalue weighted by atomic mass is 10.1. The summed E-state index contributed by atoms with van der Waals surface area (Å²) in [6.45, 7) is 11.8. The van der Waals surface area contributed by atoms with Crippen LogP contribution < -0.4 is 0 Å². The average Bonchev–Trinajstić information content (AvgIpc) is 2.13. The fourth-order valence-corrected chi connectivity index (χ4v) is 1.22. The van der Waals surface area contributed by atoms with Gasteiger partial charge < -0.3 is 5.11 Å². The molecule has 3 heteroatoms. The first-order valence-electron chi connectivity index (χ1n) is 4.46. The van der Waals surface area contributed by atoms with Crippen molar-refractivity contribution >= 4 is 5.97 Å². The van der Waals surface area contributed by atoms with Crippen molar-refractivity contribution in [2.45, 2.75) is 12.5 Å². The number of nitrogens with zero attached hydrogens (tertiary/aromatic N) is 1. The lowest BCUT2D eigenvalue weighted by Crippen LogP contribution is -2.41. The first-order chi connectivity index (χ1) is 6.67. The monoisotopic (exact) mass is 195 g/mol. The van der Waals surface area contributed by atoms with Gasteiger partial charge in [-0.25, -0.2) is 0 Å². The van der Waals surface area contributed by atoms with Gasteiger partial charge in [-0.15, -0.1) is 19.7 Å². The fraction of sp³-hybridized carbons (Fsp3) is 0.364.